The van der Waals surface area contributed by atoms with Crippen LogP contribution in [0.4, 0.5) is 0 Å². The second kappa shape index (κ2) is 4.06. The van der Waals surface area contributed by atoms with E-state index in [2.05, 4.69) is 10.3 Å². The molecule has 1 fully saturated rings. The van der Waals surface area contributed by atoms with Crippen LogP contribution < -0.4 is 0 Å². The average Bonchev–Trinajstić information content (AvgIpc) is 2.75. The Morgan fingerprint density at radius 1 is 1.79 bits per heavy atom. The molecule has 1 N–H and O–H groups in total. The zero-order valence-electron chi connectivity index (χ0n) is 8.26. The predicted molar refractivity (Wildman–Crippen MR) is 49.6 cm³/mol. The van der Waals surface area contributed by atoms with Gasteiger partial charge in [0.15, 0.2) is 0 Å². The first-order valence-electron chi connectivity index (χ1n) is 4.91. The van der Waals surface area contributed by atoms with E-state index in [-0.39, 0.29) is 0 Å². The molecule has 5 nitrogen and oxygen atoms in total. The van der Waals surface area contributed by atoms with Gasteiger partial charge in [0.05, 0.1) is 24.6 Å². The van der Waals surface area contributed by atoms with Gasteiger partial charge >= 0.3 is 0 Å². The summed E-state index contributed by atoms with van der Waals surface area (Å²) in [6.45, 7) is 4.14. The van der Waals surface area contributed by atoms with Crippen LogP contribution in [0.25, 0.3) is 0 Å². The molecule has 0 aromatic carbocycles. The highest BCUT2D eigenvalue weighted by atomic mass is 16.5. The van der Waals surface area contributed by atoms with Gasteiger partial charge in [-0.25, -0.2) is 4.68 Å². The fourth-order valence-corrected chi connectivity index (χ4v) is 1.70. The van der Waals surface area contributed by atoms with Crippen molar-refractivity contribution in [2.45, 2.75) is 26.0 Å². The lowest BCUT2D eigenvalue weighted by molar-refractivity contribution is 0.172. The molecule has 0 amide bonds. The van der Waals surface area contributed by atoms with Gasteiger partial charge in [-0.3, -0.25) is 0 Å². The molecular weight excluding hydrogens is 182 g/mol. The topological polar surface area (TPSA) is 60.2 Å². The maximum absolute atomic E-state index is 9.44. The molecule has 0 saturated carbocycles. The Hall–Kier alpha value is -0.940. The van der Waals surface area contributed by atoms with Crippen LogP contribution in [0.2, 0.25) is 0 Å². The fourth-order valence-electron chi connectivity index (χ4n) is 1.70. The van der Waals surface area contributed by atoms with Crippen LogP contribution in [0.1, 0.15) is 25.1 Å². The second-order valence-electron chi connectivity index (χ2n) is 3.75. The van der Waals surface area contributed by atoms with Gasteiger partial charge in [-0.2, -0.15) is 0 Å². The van der Waals surface area contributed by atoms with E-state index >= 15 is 0 Å². The van der Waals surface area contributed by atoms with Crippen molar-refractivity contribution < 1.29 is 9.84 Å². The summed E-state index contributed by atoms with van der Waals surface area (Å²) in [7, 11) is 0. The van der Waals surface area contributed by atoms with Gasteiger partial charge in [-0.15, -0.1) is 5.10 Å². The van der Waals surface area contributed by atoms with E-state index in [4.69, 9.17) is 4.74 Å². The number of nitrogens with zero attached hydrogens (tertiary/aromatic N) is 3. The van der Waals surface area contributed by atoms with E-state index in [0.29, 0.717) is 5.92 Å². The van der Waals surface area contributed by atoms with Crippen molar-refractivity contribution in [2.75, 3.05) is 13.2 Å². The zero-order chi connectivity index (χ0) is 9.97. The van der Waals surface area contributed by atoms with Crippen molar-refractivity contribution in [3.63, 3.8) is 0 Å². The van der Waals surface area contributed by atoms with Crippen molar-refractivity contribution in [2.24, 2.45) is 5.92 Å². The molecule has 14 heavy (non-hydrogen) atoms. The van der Waals surface area contributed by atoms with Crippen molar-refractivity contribution in [1.82, 2.24) is 15.0 Å². The number of aliphatic hydroxyl groups is 1. The zero-order valence-corrected chi connectivity index (χ0v) is 8.26. The summed E-state index contributed by atoms with van der Waals surface area (Å²) in [5.41, 5.74) is 0.775. The molecule has 0 bridgehead atoms. The van der Waals surface area contributed by atoms with E-state index in [0.717, 1.165) is 31.9 Å². The molecule has 0 spiro atoms. The minimum Gasteiger partial charge on any atom is -0.387 e. The normalized spacial score (nSPS) is 24.0. The molecule has 1 saturated heterocycles. The number of ether oxygens (including phenoxy) is 1. The molecule has 2 rings (SSSR count). The number of rotatable bonds is 3. The maximum atomic E-state index is 9.44. The third-order valence-corrected chi connectivity index (χ3v) is 2.53. The molecule has 1 aromatic heterocycles. The van der Waals surface area contributed by atoms with E-state index < -0.39 is 6.10 Å². The largest absolute Gasteiger partial charge is 0.387 e. The molecule has 1 unspecified atom stereocenters. The number of aromatic nitrogens is 3. The lowest BCUT2D eigenvalue weighted by Crippen LogP contribution is -2.15. The first-order valence-corrected chi connectivity index (χ1v) is 4.91. The Balaban J connectivity index is 2.04. The van der Waals surface area contributed by atoms with Gasteiger partial charge < -0.3 is 9.84 Å². The van der Waals surface area contributed by atoms with Crippen molar-refractivity contribution in [1.29, 1.82) is 0 Å². The average molecular weight is 197 g/mol. The summed E-state index contributed by atoms with van der Waals surface area (Å²) in [5.74, 6) is 0.509. The Bertz CT molecular complexity index is 292. The van der Waals surface area contributed by atoms with Gasteiger partial charge in [-0.1, -0.05) is 5.21 Å². The maximum Gasteiger partial charge on any atom is 0.0945 e. The summed E-state index contributed by atoms with van der Waals surface area (Å²) < 4.78 is 7.05. The fraction of sp³-hybridized carbons (Fsp3) is 0.778. The lowest BCUT2D eigenvalue weighted by Gasteiger charge is -2.11. The smallest absolute Gasteiger partial charge is 0.0945 e. The Morgan fingerprint density at radius 2 is 2.64 bits per heavy atom. The molecular formula is C9H15N3O2. The second-order valence-corrected chi connectivity index (χ2v) is 3.75. The molecule has 1 aromatic rings. The number of aliphatic hydroxyl groups excluding tert-OH is 1. The van der Waals surface area contributed by atoms with Crippen LogP contribution in [0, 0.1) is 5.92 Å². The Labute approximate surface area is 82.7 Å². The minimum absolute atomic E-state index is 0.507. The van der Waals surface area contributed by atoms with Crippen LogP contribution >= 0.6 is 0 Å². The Morgan fingerprint density at radius 3 is 3.29 bits per heavy atom. The number of hydrogen-bond acceptors (Lipinski definition) is 4. The van der Waals surface area contributed by atoms with Crippen LogP contribution in [0.15, 0.2) is 6.20 Å². The molecule has 2 atom stereocenters. The molecule has 2 heterocycles. The first kappa shape index (κ1) is 9.61. The quantitative estimate of drug-likeness (QED) is 0.760. The molecule has 1 aliphatic heterocycles. The van der Waals surface area contributed by atoms with Gasteiger partial charge in [0.1, 0.15) is 0 Å². The highest BCUT2D eigenvalue weighted by Gasteiger charge is 2.19. The van der Waals surface area contributed by atoms with E-state index in [1.165, 1.54) is 0 Å². The van der Waals surface area contributed by atoms with Crippen LogP contribution in [-0.2, 0) is 11.3 Å². The van der Waals surface area contributed by atoms with Crippen molar-refractivity contribution >= 4 is 0 Å². The van der Waals surface area contributed by atoms with Crippen molar-refractivity contribution in [3.05, 3.63) is 11.9 Å². The van der Waals surface area contributed by atoms with E-state index in [1.807, 2.05) is 0 Å². The highest BCUT2D eigenvalue weighted by Crippen LogP contribution is 2.17. The summed E-state index contributed by atoms with van der Waals surface area (Å²) in [6.07, 6.45) is 2.17. The van der Waals surface area contributed by atoms with E-state index in [1.54, 1.807) is 17.8 Å². The summed E-state index contributed by atoms with van der Waals surface area (Å²) in [5, 5.41) is 17.2. The Kier molecular flexibility index (Phi) is 2.79. The van der Waals surface area contributed by atoms with Gasteiger partial charge in [0.25, 0.3) is 0 Å². The summed E-state index contributed by atoms with van der Waals surface area (Å²) >= 11 is 0. The lowest BCUT2D eigenvalue weighted by atomic mass is 10.1. The number of hydrogen-bond donors (Lipinski definition) is 1. The molecule has 5 heteroatoms. The minimum atomic E-state index is -0.507. The van der Waals surface area contributed by atoms with Gasteiger partial charge in [0, 0.05) is 19.1 Å². The SMILES string of the molecule is C[C@H](O)c1cnnn1CC1CCOC1. The van der Waals surface area contributed by atoms with E-state index in [9.17, 15) is 5.11 Å². The molecule has 78 valence electrons. The predicted octanol–water partition coefficient (Wildman–Crippen LogP) is 0.368. The standard InChI is InChI=1S/C9H15N3O2/c1-7(13)9-4-10-11-12(9)5-8-2-3-14-6-8/h4,7-8,13H,2-3,5-6H2,1H3/t7-,8?/m0/s1. The highest BCUT2D eigenvalue weighted by molar-refractivity contribution is 4.97. The molecule has 0 aliphatic carbocycles. The van der Waals surface area contributed by atoms with Gasteiger partial charge in [0.2, 0.25) is 0 Å². The van der Waals surface area contributed by atoms with Gasteiger partial charge in [-0.05, 0) is 13.3 Å². The van der Waals surface area contributed by atoms with Crippen LogP contribution in [-0.4, -0.2) is 33.3 Å². The third kappa shape index (κ3) is 1.93. The monoisotopic (exact) mass is 197 g/mol. The first-order chi connectivity index (χ1) is 6.77. The van der Waals surface area contributed by atoms with Crippen LogP contribution in [0.5, 0.6) is 0 Å². The summed E-state index contributed by atoms with van der Waals surface area (Å²) in [4.78, 5) is 0. The molecule has 1 aliphatic rings. The van der Waals surface area contributed by atoms with Crippen molar-refractivity contribution in [3.8, 4) is 0 Å². The third-order valence-electron chi connectivity index (χ3n) is 2.53. The van der Waals surface area contributed by atoms with Crippen LogP contribution in [0.3, 0.4) is 0 Å². The molecule has 0 radical (unpaired) electrons. The summed E-state index contributed by atoms with van der Waals surface area (Å²) in [6, 6.07) is 0.